The van der Waals surface area contributed by atoms with E-state index >= 15 is 0 Å². The van der Waals surface area contributed by atoms with E-state index < -0.39 is 0 Å². The molecule has 3 rings (SSSR count). The predicted molar refractivity (Wildman–Crippen MR) is 78.8 cm³/mol. The van der Waals surface area contributed by atoms with Crippen molar-refractivity contribution in [3.8, 4) is 11.4 Å². The minimum atomic E-state index is -0.336. The maximum atomic E-state index is 13.5. The van der Waals surface area contributed by atoms with E-state index in [0.717, 1.165) is 6.54 Å². The Labute approximate surface area is 123 Å². The van der Waals surface area contributed by atoms with E-state index in [2.05, 4.69) is 22.4 Å². The average Bonchev–Trinajstić information content (AvgIpc) is 2.89. The minimum absolute atomic E-state index is 0.199. The molecule has 1 aromatic heterocycles. The molecule has 1 fully saturated rings. The molecule has 2 N–H and O–H groups in total. The Morgan fingerprint density at radius 1 is 1.29 bits per heavy atom. The summed E-state index contributed by atoms with van der Waals surface area (Å²) in [5, 5.41) is 11.9. The molecule has 1 aliphatic carbocycles. The van der Waals surface area contributed by atoms with Gasteiger partial charge in [0.15, 0.2) is 5.82 Å². The zero-order valence-corrected chi connectivity index (χ0v) is 12.2. The van der Waals surface area contributed by atoms with Gasteiger partial charge in [-0.15, -0.1) is 5.10 Å². The van der Waals surface area contributed by atoms with E-state index in [1.165, 1.54) is 44.2 Å². The first-order valence-corrected chi connectivity index (χ1v) is 7.39. The predicted octanol–water partition coefficient (Wildman–Crippen LogP) is 3.03. The molecule has 0 unspecified atom stereocenters. The Hall–Kier alpha value is -1.98. The van der Waals surface area contributed by atoms with Crippen LogP contribution in [0.25, 0.3) is 11.4 Å². The monoisotopic (exact) mass is 289 g/mol. The standard InChI is InChI=1S/C15H20FN5/c1-15(7-3-2-4-8-15)10-21-14(18-19-20-21)12-9-11(16)5-6-13(12)17/h5-6,9H,2-4,7-8,10,17H2,1H3. The van der Waals surface area contributed by atoms with Crippen molar-refractivity contribution >= 4 is 5.69 Å². The largest absolute Gasteiger partial charge is 0.398 e. The number of aromatic nitrogens is 4. The van der Waals surface area contributed by atoms with Crippen molar-refractivity contribution in [3.05, 3.63) is 24.0 Å². The summed E-state index contributed by atoms with van der Waals surface area (Å²) in [4.78, 5) is 0. The van der Waals surface area contributed by atoms with Gasteiger partial charge in [0.25, 0.3) is 0 Å². The third kappa shape index (κ3) is 2.89. The van der Waals surface area contributed by atoms with Crippen LogP contribution in [0.15, 0.2) is 18.2 Å². The summed E-state index contributed by atoms with van der Waals surface area (Å²) in [6, 6.07) is 4.28. The summed E-state index contributed by atoms with van der Waals surface area (Å²) >= 11 is 0. The zero-order chi connectivity index (χ0) is 14.9. The van der Waals surface area contributed by atoms with E-state index in [-0.39, 0.29) is 11.2 Å². The number of nitrogens with zero attached hydrogens (tertiary/aromatic N) is 4. The molecule has 1 saturated carbocycles. The van der Waals surface area contributed by atoms with Gasteiger partial charge in [-0.05, 0) is 46.9 Å². The van der Waals surface area contributed by atoms with Crippen molar-refractivity contribution in [1.82, 2.24) is 20.2 Å². The topological polar surface area (TPSA) is 69.6 Å². The van der Waals surface area contributed by atoms with Crippen LogP contribution in [0.2, 0.25) is 0 Å². The molecule has 0 saturated heterocycles. The summed E-state index contributed by atoms with van der Waals surface area (Å²) < 4.78 is 15.2. The third-order valence-corrected chi connectivity index (χ3v) is 4.38. The summed E-state index contributed by atoms with van der Waals surface area (Å²) in [7, 11) is 0. The van der Waals surface area contributed by atoms with Crippen LogP contribution in [-0.4, -0.2) is 20.2 Å². The fraction of sp³-hybridized carbons (Fsp3) is 0.533. The van der Waals surface area contributed by atoms with Crippen LogP contribution in [0.3, 0.4) is 0 Å². The number of nitrogen functional groups attached to an aromatic ring is 1. The second-order valence-corrected chi connectivity index (χ2v) is 6.26. The normalized spacial score (nSPS) is 17.8. The minimum Gasteiger partial charge on any atom is -0.398 e. The maximum absolute atomic E-state index is 13.5. The summed E-state index contributed by atoms with van der Waals surface area (Å²) in [6.45, 7) is 3.01. The first-order chi connectivity index (χ1) is 10.1. The summed E-state index contributed by atoms with van der Waals surface area (Å²) in [6.07, 6.45) is 6.14. The Morgan fingerprint density at radius 3 is 2.81 bits per heavy atom. The second kappa shape index (κ2) is 5.42. The maximum Gasteiger partial charge on any atom is 0.184 e. The number of halogens is 1. The number of hydrogen-bond acceptors (Lipinski definition) is 4. The lowest BCUT2D eigenvalue weighted by atomic mass is 9.76. The van der Waals surface area contributed by atoms with Crippen molar-refractivity contribution in [2.45, 2.75) is 45.6 Å². The Bertz CT molecular complexity index is 631. The van der Waals surface area contributed by atoms with Crippen molar-refractivity contribution in [2.75, 3.05) is 5.73 Å². The number of rotatable bonds is 3. The van der Waals surface area contributed by atoms with Gasteiger partial charge in [0.05, 0.1) is 6.54 Å². The van der Waals surface area contributed by atoms with Crippen molar-refractivity contribution in [2.24, 2.45) is 5.41 Å². The molecular weight excluding hydrogens is 269 g/mol. The van der Waals surface area contributed by atoms with Gasteiger partial charge in [-0.2, -0.15) is 0 Å². The van der Waals surface area contributed by atoms with E-state index in [9.17, 15) is 4.39 Å². The molecule has 6 heteroatoms. The zero-order valence-electron chi connectivity index (χ0n) is 12.2. The van der Waals surface area contributed by atoms with E-state index in [1.54, 1.807) is 10.7 Å². The molecule has 0 atom stereocenters. The molecule has 1 heterocycles. The van der Waals surface area contributed by atoms with Gasteiger partial charge in [0.1, 0.15) is 5.82 Å². The van der Waals surface area contributed by atoms with Gasteiger partial charge in [0, 0.05) is 11.3 Å². The Morgan fingerprint density at radius 2 is 2.05 bits per heavy atom. The smallest absolute Gasteiger partial charge is 0.184 e. The van der Waals surface area contributed by atoms with Crippen LogP contribution in [0.4, 0.5) is 10.1 Å². The third-order valence-electron chi connectivity index (χ3n) is 4.38. The fourth-order valence-electron chi connectivity index (χ4n) is 3.15. The first kappa shape index (κ1) is 14.0. The van der Waals surface area contributed by atoms with Crippen molar-refractivity contribution in [3.63, 3.8) is 0 Å². The summed E-state index contributed by atoms with van der Waals surface area (Å²) in [5.41, 5.74) is 7.18. The molecule has 1 aliphatic rings. The molecule has 0 amide bonds. The van der Waals surface area contributed by atoms with Gasteiger partial charge in [-0.3, -0.25) is 0 Å². The molecular formula is C15H20FN5. The summed E-state index contributed by atoms with van der Waals surface area (Å²) in [5.74, 6) is 0.205. The van der Waals surface area contributed by atoms with Crippen molar-refractivity contribution in [1.29, 1.82) is 0 Å². The SMILES string of the molecule is CC1(Cn2nnnc2-c2cc(F)ccc2N)CCCCC1. The van der Waals surface area contributed by atoms with Crippen LogP contribution in [0.1, 0.15) is 39.0 Å². The first-order valence-electron chi connectivity index (χ1n) is 7.39. The molecule has 0 aliphatic heterocycles. The highest BCUT2D eigenvalue weighted by molar-refractivity contribution is 5.71. The number of hydrogen-bond donors (Lipinski definition) is 1. The highest BCUT2D eigenvalue weighted by Gasteiger charge is 2.29. The molecule has 2 aromatic rings. The number of benzene rings is 1. The second-order valence-electron chi connectivity index (χ2n) is 6.26. The molecule has 0 spiro atoms. The lowest BCUT2D eigenvalue weighted by Gasteiger charge is -2.33. The highest BCUT2D eigenvalue weighted by atomic mass is 19.1. The molecule has 0 radical (unpaired) electrons. The van der Waals surface area contributed by atoms with E-state index in [0.29, 0.717) is 17.1 Å². The van der Waals surface area contributed by atoms with Crippen LogP contribution >= 0.6 is 0 Å². The fourth-order valence-corrected chi connectivity index (χ4v) is 3.15. The molecule has 21 heavy (non-hydrogen) atoms. The molecule has 0 bridgehead atoms. The van der Waals surface area contributed by atoms with E-state index in [4.69, 9.17) is 5.73 Å². The van der Waals surface area contributed by atoms with Crippen LogP contribution < -0.4 is 5.73 Å². The van der Waals surface area contributed by atoms with Crippen LogP contribution in [0, 0.1) is 11.2 Å². The van der Waals surface area contributed by atoms with Crippen LogP contribution in [0.5, 0.6) is 0 Å². The van der Waals surface area contributed by atoms with Crippen molar-refractivity contribution < 1.29 is 4.39 Å². The molecule has 112 valence electrons. The lowest BCUT2D eigenvalue weighted by molar-refractivity contribution is 0.175. The van der Waals surface area contributed by atoms with Crippen LogP contribution in [-0.2, 0) is 6.54 Å². The molecule has 5 nitrogen and oxygen atoms in total. The number of anilines is 1. The van der Waals surface area contributed by atoms with Gasteiger partial charge in [-0.1, -0.05) is 26.2 Å². The van der Waals surface area contributed by atoms with Gasteiger partial charge >= 0.3 is 0 Å². The van der Waals surface area contributed by atoms with Gasteiger partial charge < -0.3 is 5.73 Å². The Balaban J connectivity index is 1.92. The highest BCUT2D eigenvalue weighted by Crippen LogP contribution is 2.38. The number of nitrogens with two attached hydrogens (primary N) is 1. The van der Waals surface area contributed by atoms with Gasteiger partial charge in [-0.25, -0.2) is 9.07 Å². The lowest BCUT2D eigenvalue weighted by Crippen LogP contribution is -2.27. The van der Waals surface area contributed by atoms with Gasteiger partial charge in [0.2, 0.25) is 0 Å². The Kier molecular flexibility index (Phi) is 3.61. The molecule has 1 aromatic carbocycles. The average molecular weight is 289 g/mol. The van der Waals surface area contributed by atoms with E-state index in [1.807, 2.05) is 0 Å². The number of tetrazole rings is 1. The quantitative estimate of drug-likeness (QED) is 0.882.